The minimum atomic E-state index is -4.21. The third kappa shape index (κ3) is 6.48. The van der Waals surface area contributed by atoms with Gasteiger partial charge in [0.25, 0.3) is 15.7 Å². The molecule has 0 aliphatic heterocycles. The van der Waals surface area contributed by atoms with Crippen LogP contribution in [0.25, 0.3) is 0 Å². The highest BCUT2D eigenvalue weighted by molar-refractivity contribution is 7.92. The Morgan fingerprint density at radius 1 is 1.09 bits per heavy atom. The summed E-state index contributed by atoms with van der Waals surface area (Å²) < 4.78 is 34.3. The average Bonchev–Trinajstić information content (AvgIpc) is 2.80. The van der Waals surface area contributed by atoms with E-state index in [9.17, 15) is 23.6 Å². The summed E-state index contributed by atoms with van der Waals surface area (Å²) >= 11 is 0. The Labute approximate surface area is 203 Å². The fourth-order valence-corrected chi connectivity index (χ4v) is 4.49. The van der Waals surface area contributed by atoms with Crippen LogP contribution in [0.2, 0.25) is 0 Å². The zero-order valence-electron chi connectivity index (χ0n) is 19.5. The Morgan fingerprint density at radius 2 is 1.83 bits per heavy atom. The SMILES string of the molecule is CCCOc1ccc(/C=N/Nc2ccc([N+](=O)[O-])cc2S(=O)(=O)Nc2ccc(C)cc2C)c(O)c1. The molecule has 0 unspecified atom stereocenters. The normalized spacial score (nSPS) is 11.4. The van der Waals surface area contributed by atoms with Gasteiger partial charge in [0, 0.05) is 23.8 Å². The maximum absolute atomic E-state index is 13.2. The van der Waals surface area contributed by atoms with Crippen molar-refractivity contribution in [3.05, 3.63) is 81.4 Å². The Kier molecular flexibility index (Phi) is 7.92. The molecule has 11 heteroatoms. The van der Waals surface area contributed by atoms with Crippen LogP contribution in [0, 0.1) is 24.0 Å². The number of ether oxygens (including phenoxy) is 1. The van der Waals surface area contributed by atoms with Gasteiger partial charge in [-0.1, -0.05) is 24.6 Å². The van der Waals surface area contributed by atoms with Crippen LogP contribution in [0.3, 0.4) is 0 Å². The van der Waals surface area contributed by atoms with Gasteiger partial charge in [0.2, 0.25) is 0 Å². The van der Waals surface area contributed by atoms with Crippen LogP contribution in [-0.4, -0.2) is 31.3 Å². The first-order valence-electron chi connectivity index (χ1n) is 10.7. The lowest BCUT2D eigenvalue weighted by Gasteiger charge is -2.14. The molecular formula is C24H26N4O6S. The van der Waals surface area contributed by atoms with E-state index in [1.54, 1.807) is 31.2 Å². The standard InChI is InChI=1S/C24H26N4O6S/c1-4-11-34-20-8-6-18(23(29)14-20)15-25-26-22-10-7-19(28(30)31)13-24(22)35(32,33)27-21-9-5-16(2)12-17(21)3/h5-10,12-15,26-27,29H,4,11H2,1-3H3/b25-15+. The van der Waals surface area contributed by atoms with Crippen LogP contribution < -0.4 is 14.9 Å². The lowest BCUT2D eigenvalue weighted by molar-refractivity contribution is -0.385. The zero-order valence-corrected chi connectivity index (χ0v) is 20.3. The summed E-state index contributed by atoms with van der Waals surface area (Å²) in [6.45, 7) is 6.13. The van der Waals surface area contributed by atoms with Gasteiger partial charge in [-0.15, -0.1) is 0 Å². The van der Waals surface area contributed by atoms with Gasteiger partial charge in [-0.2, -0.15) is 5.10 Å². The van der Waals surface area contributed by atoms with Crippen LogP contribution in [0.5, 0.6) is 11.5 Å². The number of nitro groups is 1. The van der Waals surface area contributed by atoms with E-state index in [0.29, 0.717) is 29.2 Å². The number of sulfonamides is 1. The summed E-state index contributed by atoms with van der Waals surface area (Å²) in [7, 11) is -4.21. The minimum absolute atomic E-state index is 0.0199. The molecule has 0 saturated heterocycles. The Hall–Kier alpha value is -4.12. The summed E-state index contributed by atoms with van der Waals surface area (Å²) in [6.07, 6.45) is 2.13. The quantitative estimate of drug-likeness (QED) is 0.204. The van der Waals surface area contributed by atoms with Crippen LogP contribution in [0.4, 0.5) is 17.1 Å². The average molecular weight is 499 g/mol. The molecule has 0 atom stereocenters. The Bertz CT molecular complexity index is 1370. The molecule has 0 amide bonds. The maximum atomic E-state index is 13.2. The maximum Gasteiger partial charge on any atom is 0.270 e. The number of nitrogens with one attached hydrogen (secondary N) is 2. The second-order valence-electron chi connectivity index (χ2n) is 7.80. The minimum Gasteiger partial charge on any atom is -0.507 e. The molecule has 35 heavy (non-hydrogen) atoms. The number of hydrogen-bond donors (Lipinski definition) is 3. The molecule has 0 aliphatic rings. The monoisotopic (exact) mass is 498 g/mol. The van der Waals surface area contributed by atoms with Gasteiger partial charge in [-0.3, -0.25) is 20.3 Å². The second-order valence-corrected chi connectivity index (χ2v) is 9.45. The topological polar surface area (TPSA) is 143 Å². The van der Waals surface area contributed by atoms with E-state index in [2.05, 4.69) is 15.2 Å². The summed E-state index contributed by atoms with van der Waals surface area (Å²) in [5, 5.41) is 25.5. The number of aromatic hydroxyl groups is 1. The molecule has 10 nitrogen and oxygen atoms in total. The summed E-state index contributed by atoms with van der Waals surface area (Å²) in [5.41, 5.74) is 4.62. The van der Waals surface area contributed by atoms with Gasteiger partial charge in [0.1, 0.15) is 16.4 Å². The van der Waals surface area contributed by atoms with E-state index in [-0.39, 0.29) is 22.0 Å². The predicted molar refractivity (Wildman–Crippen MR) is 135 cm³/mol. The third-order valence-electron chi connectivity index (χ3n) is 4.96. The summed E-state index contributed by atoms with van der Waals surface area (Å²) in [5.74, 6) is 0.438. The number of benzene rings is 3. The number of rotatable bonds is 10. The van der Waals surface area contributed by atoms with Crippen molar-refractivity contribution in [3.63, 3.8) is 0 Å². The van der Waals surface area contributed by atoms with Gasteiger partial charge in [-0.25, -0.2) is 8.42 Å². The zero-order chi connectivity index (χ0) is 25.6. The second kappa shape index (κ2) is 10.9. The van der Waals surface area contributed by atoms with Gasteiger partial charge in [-0.05, 0) is 50.1 Å². The third-order valence-corrected chi connectivity index (χ3v) is 6.36. The highest BCUT2D eigenvalue weighted by Gasteiger charge is 2.23. The molecular weight excluding hydrogens is 472 g/mol. The molecule has 3 aromatic carbocycles. The first-order chi connectivity index (χ1) is 16.6. The van der Waals surface area contributed by atoms with Crippen molar-refractivity contribution in [1.29, 1.82) is 0 Å². The number of hydrogen-bond acceptors (Lipinski definition) is 8. The van der Waals surface area contributed by atoms with Crippen molar-refractivity contribution >= 4 is 33.3 Å². The van der Waals surface area contributed by atoms with Crippen LogP contribution in [0.15, 0.2) is 64.6 Å². The number of non-ortho nitro benzene ring substituents is 1. The first-order valence-corrected chi connectivity index (χ1v) is 12.2. The lowest BCUT2D eigenvalue weighted by Crippen LogP contribution is -2.16. The molecule has 0 heterocycles. The van der Waals surface area contributed by atoms with E-state index in [1.165, 1.54) is 24.4 Å². The van der Waals surface area contributed by atoms with E-state index in [0.717, 1.165) is 18.1 Å². The number of phenols is 1. The van der Waals surface area contributed by atoms with Crippen molar-refractivity contribution < 1.29 is 23.2 Å². The molecule has 0 aliphatic carbocycles. The smallest absolute Gasteiger partial charge is 0.270 e. The molecule has 0 saturated carbocycles. The van der Waals surface area contributed by atoms with Crippen molar-refractivity contribution in [2.24, 2.45) is 5.10 Å². The van der Waals surface area contributed by atoms with E-state index >= 15 is 0 Å². The number of phenolic OH excluding ortho intramolecular Hbond substituents is 1. The largest absolute Gasteiger partial charge is 0.507 e. The highest BCUT2D eigenvalue weighted by atomic mass is 32.2. The van der Waals surface area contributed by atoms with Crippen molar-refractivity contribution in [1.82, 2.24) is 0 Å². The number of anilines is 2. The van der Waals surface area contributed by atoms with Crippen molar-refractivity contribution in [3.8, 4) is 11.5 Å². The number of hydrazone groups is 1. The summed E-state index contributed by atoms with van der Waals surface area (Å²) in [4.78, 5) is 10.2. The molecule has 184 valence electrons. The van der Waals surface area contributed by atoms with Gasteiger partial charge >= 0.3 is 0 Å². The molecule has 0 spiro atoms. The highest BCUT2D eigenvalue weighted by Crippen LogP contribution is 2.29. The summed E-state index contributed by atoms with van der Waals surface area (Å²) in [6, 6.07) is 13.3. The fraction of sp³-hybridized carbons (Fsp3) is 0.208. The fourth-order valence-electron chi connectivity index (χ4n) is 3.18. The van der Waals surface area contributed by atoms with E-state index < -0.39 is 14.9 Å². The number of nitrogens with zero attached hydrogens (tertiary/aromatic N) is 2. The van der Waals surface area contributed by atoms with E-state index in [1.807, 2.05) is 19.9 Å². The van der Waals surface area contributed by atoms with Crippen molar-refractivity contribution in [2.75, 3.05) is 16.8 Å². The van der Waals surface area contributed by atoms with Crippen LogP contribution >= 0.6 is 0 Å². The Morgan fingerprint density at radius 3 is 2.49 bits per heavy atom. The van der Waals surface area contributed by atoms with Gasteiger partial charge in [0.05, 0.1) is 29.1 Å². The predicted octanol–water partition coefficient (Wildman–Crippen LogP) is 4.95. The van der Waals surface area contributed by atoms with Gasteiger partial charge in [0.15, 0.2) is 0 Å². The van der Waals surface area contributed by atoms with Crippen molar-refractivity contribution in [2.45, 2.75) is 32.1 Å². The van der Waals surface area contributed by atoms with Crippen LogP contribution in [-0.2, 0) is 10.0 Å². The molecule has 3 rings (SSSR count). The lowest BCUT2D eigenvalue weighted by atomic mass is 10.1. The molecule has 3 aromatic rings. The molecule has 0 fully saturated rings. The number of aryl methyl sites for hydroxylation is 2. The van der Waals surface area contributed by atoms with E-state index in [4.69, 9.17) is 4.74 Å². The molecule has 3 N–H and O–H groups in total. The molecule has 0 aromatic heterocycles. The molecule has 0 radical (unpaired) electrons. The molecule has 0 bridgehead atoms. The van der Waals surface area contributed by atoms with Gasteiger partial charge < -0.3 is 9.84 Å². The number of nitro benzene ring substituents is 1. The Balaban J connectivity index is 1.89. The first kappa shape index (κ1) is 25.5. The van der Waals surface area contributed by atoms with Crippen LogP contribution in [0.1, 0.15) is 30.0 Å².